The summed E-state index contributed by atoms with van der Waals surface area (Å²) in [5.74, 6) is 0.325. The van der Waals surface area contributed by atoms with Crippen molar-refractivity contribution >= 4 is 0 Å². The normalized spacial score (nSPS) is 24.9. The Labute approximate surface area is 90.1 Å². The zero-order valence-corrected chi connectivity index (χ0v) is 9.16. The summed E-state index contributed by atoms with van der Waals surface area (Å²) in [7, 11) is 1.70. The molecule has 0 radical (unpaired) electrons. The van der Waals surface area contributed by atoms with Gasteiger partial charge in [-0.3, -0.25) is 0 Å². The molecule has 0 aromatic heterocycles. The van der Waals surface area contributed by atoms with E-state index >= 15 is 0 Å². The molecule has 2 rings (SSSR count). The molecule has 1 heterocycles. The summed E-state index contributed by atoms with van der Waals surface area (Å²) in [4.78, 5) is 0. The summed E-state index contributed by atoms with van der Waals surface area (Å²) < 4.78 is 5.18. The van der Waals surface area contributed by atoms with Crippen molar-refractivity contribution in [1.82, 2.24) is 5.32 Å². The lowest BCUT2D eigenvalue weighted by molar-refractivity contribution is 0.157. The number of methoxy groups -OCH3 is 1. The number of nitrogens with one attached hydrogen (secondary N) is 1. The molecule has 1 aromatic carbocycles. The summed E-state index contributed by atoms with van der Waals surface area (Å²) in [6, 6.07) is 6.24. The largest absolute Gasteiger partial charge is 0.508 e. The maximum atomic E-state index is 9.47. The minimum Gasteiger partial charge on any atom is -0.508 e. The smallest absolute Gasteiger partial charge is 0.115 e. The molecule has 2 unspecified atom stereocenters. The molecular weight excluding hydrogens is 190 g/mol. The average Bonchev–Trinajstić information content (AvgIpc) is 2.19. The molecule has 0 aliphatic carbocycles. The van der Waals surface area contributed by atoms with E-state index in [1.807, 2.05) is 12.1 Å². The van der Waals surface area contributed by atoms with Gasteiger partial charge in [0.25, 0.3) is 0 Å². The van der Waals surface area contributed by atoms with Crippen molar-refractivity contribution in [2.75, 3.05) is 13.7 Å². The summed E-state index contributed by atoms with van der Waals surface area (Å²) in [5.41, 5.74) is 2.47. The molecule has 0 amide bonds. The van der Waals surface area contributed by atoms with Crippen LogP contribution >= 0.6 is 0 Å². The van der Waals surface area contributed by atoms with Gasteiger partial charge in [-0.05, 0) is 36.6 Å². The lowest BCUT2D eigenvalue weighted by atomic mass is 9.91. The van der Waals surface area contributed by atoms with Crippen LogP contribution in [0.4, 0.5) is 0 Å². The van der Waals surface area contributed by atoms with Crippen LogP contribution in [-0.2, 0) is 11.2 Å². The fourth-order valence-corrected chi connectivity index (χ4v) is 2.22. The average molecular weight is 207 g/mol. The summed E-state index contributed by atoms with van der Waals surface area (Å²) in [5, 5.41) is 12.9. The molecule has 0 fully saturated rings. The predicted molar refractivity (Wildman–Crippen MR) is 59.0 cm³/mol. The van der Waals surface area contributed by atoms with E-state index in [9.17, 15) is 5.11 Å². The van der Waals surface area contributed by atoms with Gasteiger partial charge in [-0.2, -0.15) is 0 Å². The highest BCUT2D eigenvalue weighted by Crippen LogP contribution is 2.28. The van der Waals surface area contributed by atoms with Crippen LogP contribution in [0.3, 0.4) is 0 Å². The number of hydrogen-bond acceptors (Lipinski definition) is 3. The van der Waals surface area contributed by atoms with E-state index in [-0.39, 0.29) is 6.04 Å². The molecule has 1 aromatic rings. The molecule has 1 aliphatic heterocycles. The highest BCUT2D eigenvalue weighted by Gasteiger charge is 2.23. The molecule has 1 aliphatic rings. The number of fused-ring (bicyclic) bond motifs is 1. The first-order valence-corrected chi connectivity index (χ1v) is 5.27. The van der Waals surface area contributed by atoms with Gasteiger partial charge in [-0.1, -0.05) is 6.07 Å². The van der Waals surface area contributed by atoms with Gasteiger partial charge >= 0.3 is 0 Å². The van der Waals surface area contributed by atoms with Crippen LogP contribution in [0.15, 0.2) is 18.2 Å². The van der Waals surface area contributed by atoms with Crippen molar-refractivity contribution in [3.8, 4) is 5.75 Å². The highest BCUT2D eigenvalue weighted by atomic mass is 16.5. The fraction of sp³-hybridized carbons (Fsp3) is 0.500. The molecule has 0 bridgehead atoms. The third kappa shape index (κ3) is 2.13. The van der Waals surface area contributed by atoms with Gasteiger partial charge in [0.05, 0.1) is 12.6 Å². The SMILES string of the molecule is COCC1NC(C)Cc2ccc(O)cc21. The number of aromatic hydroxyl groups is 1. The number of ether oxygens (including phenoxy) is 1. The maximum Gasteiger partial charge on any atom is 0.115 e. The van der Waals surface area contributed by atoms with E-state index in [0.29, 0.717) is 18.4 Å². The minimum absolute atomic E-state index is 0.195. The van der Waals surface area contributed by atoms with Crippen LogP contribution in [0.2, 0.25) is 0 Å². The monoisotopic (exact) mass is 207 g/mol. The van der Waals surface area contributed by atoms with E-state index in [2.05, 4.69) is 12.2 Å². The van der Waals surface area contributed by atoms with E-state index in [1.165, 1.54) is 5.56 Å². The van der Waals surface area contributed by atoms with Gasteiger partial charge in [0.15, 0.2) is 0 Å². The van der Waals surface area contributed by atoms with Gasteiger partial charge in [-0.15, -0.1) is 0 Å². The van der Waals surface area contributed by atoms with Crippen LogP contribution in [0.1, 0.15) is 24.1 Å². The van der Waals surface area contributed by atoms with Crippen molar-refractivity contribution < 1.29 is 9.84 Å². The maximum absolute atomic E-state index is 9.47. The molecular formula is C12H17NO2. The van der Waals surface area contributed by atoms with Gasteiger partial charge in [-0.25, -0.2) is 0 Å². The number of benzene rings is 1. The third-order valence-corrected chi connectivity index (χ3v) is 2.85. The van der Waals surface area contributed by atoms with Gasteiger partial charge in [0.2, 0.25) is 0 Å². The second kappa shape index (κ2) is 4.21. The first-order chi connectivity index (χ1) is 7.20. The van der Waals surface area contributed by atoms with E-state index in [1.54, 1.807) is 13.2 Å². The van der Waals surface area contributed by atoms with E-state index in [4.69, 9.17) is 4.74 Å². The van der Waals surface area contributed by atoms with E-state index < -0.39 is 0 Å². The first kappa shape index (κ1) is 10.5. The third-order valence-electron chi connectivity index (χ3n) is 2.85. The van der Waals surface area contributed by atoms with Crippen molar-refractivity contribution in [2.45, 2.75) is 25.4 Å². The molecule has 3 heteroatoms. The topological polar surface area (TPSA) is 41.5 Å². The van der Waals surface area contributed by atoms with Crippen molar-refractivity contribution in [1.29, 1.82) is 0 Å². The van der Waals surface area contributed by atoms with Gasteiger partial charge in [0.1, 0.15) is 5.75 Å². The molecule has 0 saturated carbocycles. The van der Waals surface area contributed by atoms with Gasteiger partial charge in [0, 0.05) is 13.2 Å². The Balaban J connectivity index is 2.34. The quantitative estimate of drug-likeness (QED) is 0.774. The molecule has 2 atom stereocenters. The predicted octanol–water partition coefficient (Wildman–Crippen LogP) is 1.61. The Bertz CT molecular complexity index is 351. The minimum atomic E-state index is 0.195. The number of phenolic OH excluding ortho intramolecular Hbond substituents is 1. The Morgan fingerprint density at radius 1 is 1.53 bits per heavy atom. The van der Waals surface area contributed by atoms with Crippen molar-refractivity contribution in [3.63, 3.8) is 0 Å². The second-order valence-electron chi connectivity index (χ2n) is 4.16. The fourth-order valence-electron chi connectivity index (χ4n) is 2.22. The van der Waals surface area contributed by atoms with Crippen LogP contribution in [-0.4, -0.2) is 24.9 Å². The number of rotatable bonds is 2. The second-order valence-corrected chi connectivity index (χ2v) is 4.16. The Morgan fingerprint density at radius 2 is 2.33 bits per heavy atom. The van der Waals surface area contributed by atoms with E-state index in [0.717, 1.165) is 12.0 Å². The number of phenols is 1. The Kier molecular flexibility index (Phi) is 2.93. The molecule has 15 heavy (non-hydrogen) atoms. The number of hydrogen-bond donors (Lipinski definition) is 2. The molecule has 0 saturated heterocycles. The van der Waals surface area contributed by atoms with Gasteiger partial charge < -0.3 is 15.2 Å². The molecule has 0 spiro atoms. The van der Waals surface area contributed by atoms with Crippen molar-refractivity contribution in [3.05, 3.63) is 29.3 Å². The first-order valence-electron chi connectivity index (χ1n) is 5.27. The van der Waals surface area contributed by atoms with Crippen LogP contribution in [0, 0.1) is 0 Å². The summed E-state index contributed by atoms with van der Waals surface area (Å²) in [6.45, 7) is 2.80. The summed E-state index contributed by atoms with van der Waals surface area (Å²) in [6.07, 6.45) is 1.01. The van der Waals surface area contributed by atoms with Crippen molar-refractivity contribution in [2.24, 2.45) is 0 Å². The van der Waals surface area contributed by atoms with Crippen LogP contribution in [0.25, 0.3) is 0 Å². The Hall–Kier alpha value is -1.06. The molecule has 2 N–H and O–H groups in total. The highest BCUT2D eigenvalue weighted by molar-refractivity contribution is 5.39. The summed E-state index contributed by atoms with van der Waals surface area (Å²) >= 11 is 0. The zero-order chi connectivity index (χ0) is 10.8. The zero-order valence-electron chi connectivity index (χ0n) is 9.16. The standard InChI is InChI=1S/C12H17NO2/c1-8-5-9-3-4-10(14)6-11(9)12(13-8)7-15-2/h3-4,6,8,12-14H,5,7H2,1-2H3. The van der Waals surface area contributed by atoms with Crippen LogP contribution < -0.4 is 5.32 Å². The Morgan fingerprint density at radius 3 is 3.07 bits per heavy atom. The lowest BCUT2D eigenvalue weighted by Gasteiger charge is -2.31. The molecule has 82 valence electrons. The van der Waals surface area contributed by atoms with Crippen LogP contribution in [0.5, 0.6) is 5.75 Å². The lowest BCUT2D eigenvalue weighted by Crippen LogP contribution is -2.39. The molecule has 3 nitrogen and oxygen atoms in total.